The van der Waals surface area contributed by atoms with E-state index in [1.54, 1.807) is 11.9 Å². The minimum absolute atomic E-state index is 0.0829. The smallest absolute Gasteiger partial charge is 0.328 e. The molecule has 0 bridgehead atoms. The highest BCUT2D eigenvalue weighted by molar-refractivity contribution is 5.83. The predicted molar refractivity (Wildman–Crippen MR) is 73.6 cm³/mol. The molecule has 2 aliphatic rings. The van der Waals surface area contributed by atoms with Gasteiger partial charge in [-0.1, -0.05) is 25.7 Å². The number of hydrogen-bond donors (Lipinski definition) is 1. The highest BCUT2D eigenvalue weighted by atomic mass is 16.5. The number of morpholine rings is 1. The number of carbonyl (C=O) groups is 2. The predicted octanol–water partition coefficient (Wildman–Crippen LogP) is 1.55. The summed E-state index contributed by atoms with van der Waals surface area (Å²) in [5.41, 5.74) is 0. The van der Waals surface area contributed by atoms with Crippen molar-refractivity contribution < 1.29 is 19.4 Å². The number of urea groups is 1. The lowest BCUT2D eigenvalue weighted by atomic mass is 10.1. The number of carboxylic acids is 1. The number of hydrogen-bond acceptors (Lipinski definition) is 3. The molecule has 1 aliphatic heterocycles. The van der Waals surface area contributed by atoms with Crippen molar-refractivity contribution in [3.05, 3.63) is 0 Å². The van der Waals surface area contributed by atoms with Crippen molar-refractivity contribution in [3.63, 3.8) is 0 Å². The van der Waals surface area contributed by atoms with Crippen LogP contribution in [-0.4, -0.2) is 65.8 Å². The first-order valence-corrected chi connectivity index (χ1v) is 7.45. The van der Waals surface area contributed by atoms with Gasteiger partial charge in [-0.05, 0) is 12.8 Å². The highest BCUT2D eigenvalue weighted by Gasteiger charge is 2.35. The lowest BCUT2D eigenvalue weighted by Crippen LogP contribution is -2.57. The van der Waals surface area contributed by atoms with Crippen LogP contribution in [-0.2, 0) is 9.53 Å². The Morgan fingerprint density at radius 1 is 1.20 bits per heavy atom. The molecule has 1 saturated heterocycles. The second-order valence-electron chi connectivity index (χ2n) is 5.66. The molecular formula is C14H24N2O4. The van der Waals surface area contributed by atoms with E-state index in [2.05, 4.69) is 0 Å². The van der Waals surface area contributed by atoms with Crippen molar-refractivity contribution >= 4 is 12.0 Å². The molecule has 114 valence electrons. The second kappa shape index (κ2) is 6.92. The summed E-state index contributed by atoms with van der Waals surface area (Å²) in [5.74, 6) is -0.993. The Labute approximate surface area is 119 Å². The Bertz CT molecular complexity index is 353. The van der Waals surface area contributed by atoms with Crippen molar-refractivity contribution in [2.75, 3.05) is 26.8 Å². The fourth-order valence-electron chi connectivity index (χ4n) is 3.04. The third-order valence-electron chi connectivity index (χ3n) is 4.33. The summed E-state index contributed by atoms with van der Waals surface area (Å²) < 4.78 is 5.18. The second-order valence-corrected chi connectivity index (χ2v) is 5.66. The minimum atomic E-state index is -0.993. The van der Waals surface area contributed by atoms with Gasteiger partial charge in [0.15, 0.2) is 6.04 Å². The van der Waals surface area contributed by atoms with Crippen LogP contribution in [0.25, 0.3) is 0 Å². The summed E-state index contributed by atoms with van der Waals surface area (Å²) >= 11 is 0. The molecule has 0 aromatic heterocycles. The van der Waals surface area contributed by atoms with Gasteiger partial charge in [0.25, 0.3) is 0 Å². The molecule has 20 heavy (non-hydrogen) atoms. The first kappa shape index (κ1) is 15.1. The molecule has 6 nitrogen and oxygen atoms in total. The fourth-order valence-corrected chi connectivity index (χ4v) is 3.04. The van der Waals surface area contributed by atoms with Crippen LogP contribution < -0.4 is 0 Å². The van der Waals surface area contributed by atoms with Crippen LogP contribution in [0.1, 0.15) is 38.5 Å². The molecule has 1 aliphatic carbocycles. The van der Waals surface area contributed by atoms with Gasteiger partial charge in [-0.3, -0.25) is 0 Å². The molecule has 0 aromatic carbocycles. The zero-order valence-corrected chi connectivity index (χ0v) is 12.1. The molecule has 0 spiro atoms. The van der Waals surface area contributed by atoms with Gasteiger partial charge in [0.1, 0.15) is 0 Å². The van der Waals surface area contributed by atoms with Crippen LogP contribution in [0.2, 0.25) is 0 Å². The van der Waals surface area contributed by atoms with E-state index in [4.69, 9.17) is 4.74 Å². The fraction of sp³-hybridized carbons (Fsp3) is 0.857. The summed E-state index contributed by atoms with van der Waals surface area (Å²) in [6.07, 6.45) is 6.79. The molecule has 2 amide bonds. The van der Waals surface area contributed by atoms with Gasteiger partial charge in [-0.25, -0.2) is 9.59 Å². The minimum Gasteiger partial charge on any atom is -0.480 e. The maximum absolute atomic E-state index is 12.6. The molecule has 1 unspecified atom stereocenters. The van der Waals surface area contributed by atoms with Crippen LogP contribution in [0, 0.1) is 0 Å². The summed E-state index contributed by atoms with van der Waals surface area (Å²) in [7, 11) is 1.80. The molecule has 0 radical (unpaired) electrons. The van der Waals surface area contributed by atoms with Crippen LogP contribution in [0.3, 0.4) is 0 Å². The zero-order valence-electron chi connectivity index (χ0n) is 12.1. The number of aliphatic carboxylic acids is 1. The van der Waals surface area contributed by atoms with Crippen molar-refractivity contribution in [3.8, 4) is 0 Å². The van der Waals surface area contributed by atoms with Crippen molar-refractivity contribution in [2.24, 2.45) is 0 Å². The van der Waals surface area contributed by atoms with E-state index in [-0.39, 0.29) is 18.7 Å². The van der Waals surface area contributed by atoms with Crippen LogP contribution >= 0.6 is 0 Å². The van der Waals surface area contributed by atoms with E-state index in [9.17, 15) is 14.7 Å². The van der Waals surface area contributed by atoms with Gasteiger partial charge in [0.05, 0.1) is 13.2 Å². The first-order valence-electron chi connectivity index (χ1n) is 7.45. The van der Waals surface area contributed by atoms with Gasteiger partial charge in [-0.15, -0.1) is 0 Å². The van der Waals surface area contributed by atoms with Crippen molar-refractivity contribution in [1.82, 2.24) is 9.80 Å². The molecule has 1 atom stereocenters. The number of carboxylic acid groups (broad SMARTS) is 1. The quantitative estimate of drug-likeness (QED) is 0.781. The van der Waals surface area contributed by atoms with Crippen LogP contribution in [0.4, 0.5) is 4.79 Å². The monoisotopic (exact) mass is 284 g/mol. The summed E-state index contributed by atoms with van der Waals surface area (Å²) in [5, 5.41) is 9.20. The number of carbonyl (C=O) groups excluding carboxylic acids is 1. The zero-order chi connectivity index (χ0) is 14.5. The van der Waals surface area contributed by atoms with E-state index in [0.717, 1.165) is 25.7 Å². The molecule has 0 aromatic rings. The molecule has 1 heterocycles. The van der Waals surface area contributed by atoms with E-state index < -0.39 is 12.0 Å². The Kier molecular flexibility index (Phi) is 5.23. The maximum Gasteiger partial charge on any atom is 0.328 e. The normalized spacial score (nSPS) is 25.1. The lowest BCUT2D eigenvalue weighted by Gasteiger charge is -2.38. The van der Waals surface area contributed by atoms with Crippen molar-refractivity contribution in [2.45, 2.75) is 50.6 Å². The standard InChI is InChI=1S/C14H24N2O4/c1-15(11-6-4-2-3-5-7-11)14(19)16-8-9-20-10-12(16)13(17)18/h11-12H,2-10H2,1H3,(H,17,18). The highest BCUT2D eigenvalue weighted by Crippen LogP contribution is 2.22. The summed E-state index contributed by atoms with van der Waals surface area (Å²) in [6, 6.07) is -0.792. The number of amides is 2. The largest absolute Gasteiger partial charge is 0.480 e. The van der Waals surface area contributed by atoms with Gasteiger partial charge in [0, 0.05) is 19.6 Å². The Morgan fingerprint density at radius 2 is 1.85 bits per heavy atom. The molecule has 6 heteroatoms. The Balaban J connectivity index is 2.01. The maximum atomic E-state index is 12.6. The third-order valence-corrected chi connectivity index (χ3v) is 4.33. The molecular weight excluding hydrogens is 260 g/mol. The lowest BCUT2D eigenvalue weighted by molar-refractivity contribution is -0.147. The number of ether oxygens (including phenoxy) is 1. The molecule has 1 saturated carbocycles. The van der Waals surface area contributed by atoms with E-state index in [1.165, 1.54) is 17.7 Å². The van der Waals surface area contributed by atoms with E-state index in [1.807, 2.05) is 0 Å². The summed E-state index contributed by atoms with van der Waals surface area (Å²) in [4.78, 5) is 27.0. The van der Waals surface area contributed by atoms with Crippen molar-refractivity contribution in [1.29, 1.82) is 0 Å². The third kappa shape index (κ3) is 3.42. The molecule has 2 fully saturated rings. The van der Waals surface area contributed by atoms with E-state index in [0.29, 0.717) is 13.2 Å². The topological polar surface area (TPSA) is 70.1 Å². The average molecular weight is 284 g/mol. The van der Waals surface area contributed by atoms with E-state index >= 15 is 0 Å². The SMILES string of the molecule is CN(C(=O)N1CCOCC1C(=O)O)C1CCCCCC1. The van der Waals surface area contributed by atoms with Crippen LogP contribution in [0.5, 0.6) is 0 Å². The Morgan fingerprint density at radius 3 is 2.45 bits per heavy atom. The van der Waals surface area contributed by atoms with Gasteiger partial charge < -0.3 is 19.6 Å². The number of rotatable bonds is 2. The summed E-state index contributed by atoms with van der Waals surface area (Å²) in [6.45, 7) is 0.848. The molecule has 2 rings (SSSR count). The molecule has 1 N–H and O–H groups in total. The van der Waals surface area contributed by atoms with Gasteiger partial charge >= 0.3 is 12.0 Å². The average Bonchev–Trinajstić information content (AvgIpc) is 2.74. The Hall–Kier alpha value is -1.30. The number of nitrogens with zero attached hydrogens (tertiary/aromatic N) is 2. The van der Waals surface area contributed by atoms with Gasteiger partial charge in [-0.2, -0.15) is 0 Å². The van der Waals surface area contributed by atoms with Crippen LogP contribution in [0.15, 0.2) is 0 Å². The first-order chi connectivity index (χ1) is 9.61. The van der Waals surface area contributed by atoms with Gasteiger partial charge in [0.2, 0.25) is 0 Å².